The zero-order valence-electron chi connectivity index (χ0n) is 11.7. The lowest BCUT2D eigenvalue weighted by Crippen LogP contribution is -2.50. The fraction of sp³-hybridized carbons (Fsp3) is 0.636. The summed E-state index contributed by atoms with van der Waals surface area (Å²) in [4.78, 5) is 42.2. The normalized spacial score (nSPS) is 13.1. The van der Waals surface area contributed by atoms with E-state index in [2.05, 4.69) is 6.58 Å². The number of allylic oxidation sites excluding steroid dienone is 1. The molecule has 0 radical (unpaired) electrons. The van der Waals surface area contributed by atoms with Crippen molar-refractivity contribution in [3.63, 3.8) is 0 Å². The summed E-state index contributed by atoms with van der Waals surface area (Å²) in [7, 11) is -4.42. The van der Waals surface area contributed by atoms with E-state index in [-0.39, 0.29) is 18.0 Å². The van der Waals surface area contributed by atoms with Gasteiger partial charge < -0.3 is 26.2 Å². The lowest BCUT2D eigenvalue weighted by molar-refractivity contribution is -0.136. The molecule has 0 aromatic heterocycles. The lowest BCUT2D eigenvalue weighted by atomic mass is 10.0. The fourth-order valence-corrected chi connectivity index (χ4v) is 2.41. The highest BCUT2D eigenvalue weighted by Gasteiger charge is 2.32. The first-order valence-electron chi connectivity index (χ1n) is 6.03. The summed E-state index contributed by atoms with van der Waals surface area (Å²) in [6, 6.07) is -1.02. The van der Waals surface area contributed by atoms with Crippen molar-refractivity contribution in [3.8, 4) is 0 Å². The van der Waals surface area contributed by atoms with Crippen LogP contribution in [0, 0.1) is 5.92 Å². The van der Waals surface area contributed by atoms with Crippen LogP contribution in [0.5, 0.6) is 0 Å². The SMILES string of the molecule is C=C(CP(=O)(O)O)N(C(=O)CN)[C@@H](CC(C)C)C(N)=O. The van der Waals surface area contributed by atoms with Crippen molar-refractivity contribution in [3.05, 3.63) is 12.3 Å². The highest BCUT2D eigenvalue weighted by atomic mass is 31.2. The van der Waals surface area contributed by atoms with Crippen LogP contribution in [-0.4, -0.2) is 45.2 Å². The molecule has 0 unspecified atom stereocenters. The molecule has 9 heteroatoms. The first-order valence-corrected chi connectivity index (χ1v) is 7.83. The van der Waals surface area contributed by atoms with Crippen LogP contribution < -0.4 is 11.5 Å². The number of hydrogen-bond acceptors (Lipinski definition) is 4. The van der Waals surface area contributed by atoms with E-state index in [1.54, 1.807) is 0 Å². The van der Waals surface area contributed by atoms with Crippen molar-refractivity contribution < 1.29 is 23.9 Å². The molecule has 0 aliphatic heterocycles. The second kappa shape index (κ2) is 7.54. The molecule has 8 nitrogen and oxygen atoms in total. The number of rotatable bonds is 8. The number of hydrogen-bond donors (Lipinski definition) is 4. The average molecular weight is 307 g/mol. The number of carbonyl (C=O) groups excluding carboxylic acids is 2. The number of primary amides is 1. The van der Waals surface area contributed by atoms with Crippen LogP contribution in [0.1, 0.15) is 20.3 Å². The maximum absolute atomic E-state index is 11.8. The zero-order chi connectivity index (χ0) is 16.1. The molecular formula is C11H22N3O5P. The van der Waals surface area contributed by atoms with Crippen LogP contribution in [0.4, 0.5) is 0 Å². The summed E-state index contributed by atoms with van der Waals surface area (Å²) in [6.45, 7) is 6.71. The molecule has 0 aliphatic rings. The highest BCUT2D eigenvalue weighted by molar-refractivity contribution is 7.52. The molecule has 0 fully saturated rings. The van der Waals surface area contributed by atoms with Crippen molar-refractivity contribution in [2.75, 3.05) is 12.7 Å². The molecule has 0 aliphatic carbocycles. The van der Waals surface area contributed by atoms with Gasteiger partial charge >= 0.3 is 7.60 Å². The topological polar surface area (TPSA) is 147 Å². The maximum Gasteiger partial charge on any atom is 0.331 e. The Morgan fingerprint density at radius 1 is 1.35 bits per heavy atom. The van der Waals surface area contributed by atoms with E-state index in [0.717, 1.165) is 4.90 Å². The summed E-state index contributed by atoms with van der Waals surface area (Å²) in [5.41, 5.74) is 10.4. The Balaban J connectivity index is 5.40. The standard InChI is InChI=1S/C11H22N3O5P/c1-7(2)4-9(11(13)16)14(10(15)5-12)8(3)6-20(17,18)19/h7,9H,3-6,12H2,1-2H3,(H2,13,16)(H2,17,18,19)/t9-/m0/s1. The van der Waals surface area contributed by atoms with Gasteiger partial charge in [-0.15, -0.1) is 0 Å². The van der Waals surface area contributed by atoms with E-state index in [1.165, 1.54) is 0 Å². The van der Waals surface area contributed by atoms with Gasteiger partial charge in [0, 0.05) is 5.70 Å². The largest absolute Gasteiger partial charge is 0.368 e. The molecule has 0 bridgehead atoms. The Labute approximate surface area is 118 Å². The molecular weight excluding hydrogens is 285 g/mol. The van der Waals surface area contributed by atoms with Crippen molar-refractivity contribution in [1.29, 1.82) is 0 Å². The fourth-order valence-electron chi connectivity index (χ4n) is 1.78. The summed E-state index contributed by atoms with van der Waals surface area (Å²) in [5, 5.41) is 0. The highest BCUT2D eigenvalue weighted by Crippen LogP contribution is 2.37. The minimum atomic E-state index is -4.42. The van der Waals surface area contributed by atoms with Gasteiger partial charge in [0.15, 0.2) is 0 Å². The first-order chi connectivity index (χ1) is 8.99. The Morgan fingerprint density at radius 2 is 1.85 bits per heavy atom. The minimum absolute atomic E-state index is 0.0448. The molecule has 1 atom stereocenters. The van der Waals surface area contributed by atoms with Crippen molar-refractivity contribution in [2.24, 2.45) is 17.4 Å². The van der Waals surface area contributed by atoms with Crippen molar-refractivity contribution >= 4 is 19.4 Å². The number of nitrogens with two attached hydrogens (primary N) is 2. The lowest BCUT2D eigenvalue weighted by Gasteiger charge is -2.32. The van der Waals surface area contributed by atoms with Crippen LogP contribution in [0.15, 0.2) is 12.3 Å². The van der Waals surface area contributed by atoms with E-state index in [0.29, 0.717) is 0 Å². The average Bonchev–Trinajstić information content (AvgIpc) is 2.24. The molecule has 6 N–H and O–H groups in total. The van der Waals surface area contributed by atoms with Gasteiger partial charge in [0.05, 0.1) is 12.7 Å². The molecule has 0 heterocycles. The van der Waals surface area contributed by atoms with Gasteiger partial charge in [-0.3, -0.25) is 14.2 Å². The van der Waals surface area contributed by atoms with Gasteiger partial charge in [0.2, 0.25) is 11.8 Å². The van der Waals surface area contributed by atoms with Crippen molar-refractivity contribution in [1.82, 2.24) is 4.90 Å². The van der Waals surface area contributed by atoms with E-state index in [4.69, 9.17) is 21.3 Å². The van der Waals surface area contributed by atoms with E-state index in [9.17, 15) is 14.2 Å². The van der Waals surface area contributed by atoms with Gasteiger partial charge in [-0.05, 0) is 12.3 Å². The van der Waals surface area contributed by atoms with Crippen LogP contribution in [-0.2, 0) is 14.2 Å². The third-order valence-corrected chi connectivity index (χ3v) is 3.28. The van der Waals surface area contributed by atoms with Gasteiger partial charge in [0.25, 0.3) is 0 Å². The Kier molecular flexibility index (Phi) is 7.08. The monoisotopic (exact) mass is 307 g/mol. The van der Waals surface area contributed by atoms with Crippen molar-refractivity contribution in [2.45, 2.75) is 26.3 Å². The first kappa shape index (κ1) is 18.8. The third-order valence-electron chi connectivity index (χ3n) is 2.51. The van der Waals surface area contributed by atoms with Crippen LogP contribution in [0.3, 0.4) is 0 Å². The molecule has 2 amide bonds. The number of nitrogens with zero attached hydrogens (tertiary/aromatic N) is 1. The molecule has 0 saturated heterocycles. The molecule has 116 valence electrons. The third kappa shape index (κ3) is 6.29. The second-order valence-electron chi connectivity index (χ2n) is 4.90. The predicted octanol–water partition coefficient (Wildman–Crippen LogP) is -0.635. The summed E-state index contributed by atoms with van der Waals surface area (Å²) < 4.78 is 11.0. The summed E-state index contributed by atoms with van der Waals surface area (Å²) in [5.74, 6) is -1.39. The number of carbonyl (C=O) groups is 2. The van der Waals surface area contributed by atoms with E-state index in [1.807, 2.05) is 13.8 Å². The number of amides is 2. The second-order valence-corrected chi connectivity index (χ2v) is 6.55. The minimum Gasteiger partial charge on any atom is -0.368 e. The Hall–Kier alpha value is -1.21. The summed E-state index contributed by atoms with van der Waals surface area (Å²) in [6.07, 6.45) is -0.484. The quantitative estimate of drug-likeness (QED) is 0.439. The molecule has 0 aromatic carbocycles. The smallest absolute Gasteiger partial charge is 0.331 e. The molecule has 0 saturated carbocycles. The molecule has 0 rings (SSSR count). The zero-order valence-corrected chi connectivity index (χ0v) is 12.5. The van der Waals surface area contributed by atoms with E-state index >= 15 is 0 Å². The van der Waals surface area contributed by atoms with Crippen LogP contribution in [0.2, 0.25) is 0 Å². The maximum atomic E-state index is 11.8. The van der Waals surface area contributed by atoms with Gasteiger partial charge in [0.1, 0.15) is 6.04 Å². The predicted molar refractivity (Wildman–Crippen MR) is 74.4 cm³/mol. The van der Waals surface area contributed by atoms with Crippen LogP contribution >= 0.6 is 7.60 Å². The Bertz CT molecular complexity index is 432. The summed E-state index contributed by atoms with van der Waals surface area (Å²) >= 11 is 0. The molecule has 0 aromatic rings. The van der Waals surface area contributed by atoms with Gasteiger partial charge in [-0.2, -0.15) is 0 Å². The van der Waals surface area contributed by atoms with Gasteiger partial charge in [-0.1, -0.05) is 20.4 Å². The molecule has 0 spiro atoms. The Morgan fingerprint density at radius 3 is 2.15 bits per heavy atom. The molecule has 20 heavy (non-hydrogen) atoms. The van der Waals surface area contributed by atoms with Gasteiger partial charge in [-0.25, -0.2) is 0 Å². The van der Waals surface area contributed by atoms with E-state index < -0.39 is 38.2 Å². The van der Waals surface area contributed by atoms with Crippen LogP contribution in [0.25, 0.3) is 0 Å².